The minimum absolute atomic E-state index is 0.0169. The SMILES string of the molecule is CC(C)(C)C#Cc1cc(C(C)(C)C)c(C#CC(C)(C)C)c2ccc(C(C)(C)C)cc12. The number of rotatable bonds is 0. The molecule has 0 radical (unpaired) electrons. The van der Waals surface area contributed by atoms with E-state index in [1.54, 1.807) is 0 Å². The lowest BCUT2D eigenvalue weighted by molar-refractivity contribution is 0.570. The average molecular weight is 401 g/mol. The van der Waals surface area contributed by atoms with Gasteiger partial charge in [0.15, 0.2) is 0 Å². The van der Waals surface area contributed by atoms with E-state index in [9.17, 15) is 0 Å². The summed E-state index contributed by atoms with van der Waals surface area (Å²) in [5, 5.41) is 2.43. The topological polar surface area (TPSA) is 0 Å². The van der Waals surface area contributed by atoms with Crippen molar-refractivity contribution in [3.8, 4) is 23.7 Å². The van der Waals surface area contributed by atoms with Gasteiger partial charge in [0.1, 0.15) is 0 Å². The standard InChI is InChI=1S/C30H40/c1-27(2,3)17-15-21-19-26(30(10,11)12)24(16-18-28(4,5)6)23-14-13-22(20-25(21)23)29(7,8)9/h13-14,19-20H,1-12H3. The Balaban J connectivity index is 3.03. The molecule has 0 atom stereocenters. The molecular formula is C30H40. The van der Waals surface area contributed by atoms with E-state index < -0.39 is 0 Å². The summed E-state index contributed by atoms with van der Waals surface area (Å²) in [6.07, 6.45) is 0. The van der Waals surface area contributed by atoms with Crippen LogP contribution in [0.3, 0.4) is 0 Å². The van der Waals surface area contributed by atoms with Crippen molar-refractivity contribution < 1.29 is 0 Å². The molecular weight excluding hydrogens is 360 g/mol. The van der Waals surface area contributed by atoms with Crippen molar-refractivity contribution in [2.75, 3.05) is 0 Å². The first-order valence-electron chi connectivity index (χ1n) is 11.1. The zero-order valence-corrected chi connectivity index (χ0v) is 21.3. The van der Waals surface area contributed by atoms with Gasteiger partial charge in [-0.15, -0.1) is 0 Å². The van der Waals surface area contributed by atoms with Crippen LogP contribution in [-0.2, 0) is 10.8 Å². The summed E-state index contributed by atoms with van der Waals surface area (Å²) in [5.74, 6) is 14.0. The lowest BCUT2D eigenvalue weighted by atomic mass is 9.78. The second-order valence-corrected chi connectivity index (χ2v) is 12.6. The van der Waals surface area contributed by atoms with Crippen LogP contribution in [0, 0.1) is 34.5 Å². The second-order valence-electron chi connectivity index (χ2n) is 12.6. The number of hydrogen-bond donors (Lipinski definition) is 0. The van der Waals surface area contributed by atoms with Gasteiger partial charge >= 0.3 is 0 Å². The molecule has 0 bridgehead atoms. The van der Waals surface area contributed by atoms with Gasteiger partial charge in [-0.2, -0.15) is 0 Å². The Morgan fingerprint density at radius 3 is 1.57 bits per heavy atom. The van der Waals surface area contributed by atoms with Gasteiger partial charge in [0, 0.05) is 22.0 Å². The van der Waals surface area contributed by atoms with Crippen molar-refractivity contribution in [2.45, 2.75) is 93.9 Å². The van der Waals surface area contributed by atoms with Crippen LogP contribution in [-0.4, -0.2) is 0 Å². The Labute approximate surface area is 185 Å². The van der Waals surface area contributed by atoms with Crippen LogP contribution in [0.5, 0.6) is 0 Å². The van der Waals surface area contributed by atoms with Crippen LogP contribution in [0.2, 0.25) is 0 Å². The lowest BCUT2D eigenvalue weighted by Crippen LogP contribution is -2.15. The highest BCUT2D eigenvalue weighted by Gasteiger charge is 2.23. The molecule has 0 heterocycles. The van der Waals surface area contributed by atoms with Crippen molar-refractivity contribution in [2.24, 2.45) is 10.8 Å². The Bertz CT molecular complexity index is 1060. The summed E-state index contributed by atoms with van der Waals surface area (Å²) >= 11 is 0. The van der Waals surface area contributed by atoms with Gasteiger partial charge in [0.25, 0.3) is 0 Å². The van der Waals surface area contributed by atoms with E-state index in [-0.39, 0.29) is 21.7 Å². The number of hydrogen-bond acceptors (Lipinski definition) is 0. The highest BCUT2D eigenvalue weighted by atomic mass is 14.3. The van der Waals surface area contributed by atoms with Crippen molar-refractivity contribution >= 4 is 10.8 Å². The van der Waals surface area contributed by atoms with Gasteiger partial charge in [0.2, 0.25) is 0 Å². The van der Waals surface area contributed by atoms with E-state index in [2.05, 4.69) is 131 Å². The summed E-state index contributed by atoms with van der Waals surface area (Å²) in [6, 6.07) is 9.15. The van der Waals surface area contributed by atoms with Gasteiger partial charge in [-0.1, -0.05) is 77.4 Å². The summed E-state index contributed by atoms with van der Waals surface area (Å²) in [7, 11) is 0. The van der Waals surface area contributed by atoms with Gasteiger partial charge in [0.05, 0.1) is 0 Å². The van der Waals surface area contributed by atoms with Crippen molar-refractivity contribution in [1.29, 1.82) is 0 Å². The maximum Gasteiger partial charge on any atom is 0.0362 e. The molecule has 0 saturated heterocycles. The van der Waals surface area contributed by atoms with Gasteiger partial charge in [-0.05, 0) is 86.4 Å². The summed E-state index contributed by atoms with van der Waals surface area (Å²) in [4.78, 5) is 0. The predicted octanol–water partition coefficient (Wildman–Crippen LogP) is 8.23. The fourth-order valence-corrected chi connectivity index (χ4v) is 3.23. The second kappa shape index (κ2) is 7.82. The van der Waals surface area contributed by atoms with E-state index in [0.29, 0.717) is 0 Å². The fraction of sp³-hybridized carbons (Fsp3) is 0.533. The van der Waals surface area contributed by atoms with E-state index >= 15 is 0 Å². The molecule has 160 valence electrons. The molecule has 0 saturated carbocycles. The number of fused-ring (bicyclic) bond motifs is 1. The van der Waals surface area contributed by atoms with Crippen LogP contribution in [0.25, 0.3) is 10.8 Å². The molecule has 0 aliphatic carbocycles. The van der Waals surface area contributed by atoms with Gasteiger partial charge in [-0.25, -0.2) is 0 Å². The maximum atomic E-state index is 3.56. The molecule has 0 unspecified atom stereocenters. The maximum absolute atomic E-state index is 3.56. The third kappa shape index (κ3) is 6.16. The first-order chi connectivity index (χ1) is 13.4. The molecule has 0 aromatic heterocycles. The van der Waals surface area contributed by atoms with Gasteiger partial charge in [-0.3, -0.25) is 0 Å². The van der Waals surface area contributed by atoms with Crippen LogP contribution in [0.1, 0.15) is 105 Å². The van der Waals surface area contributed by atoms with Gasteiger partial charge < -0.3 is 0 Å². The zero-order chi connectivity index (χ0) is 23.1. The highest BCUT2D eigenvalue weighted by Crippen LogP contribution is 2.36. The van der Waals surface area contributed by atoms with Crippen molar-refractivity contribution in [3.05, 3.63) is 46.5 Å². The van der Waals surface area contributed by atoms with E-state index in [1.807, 2.05) is 0 Å². The quantitative estimate of drug-likeness (QED) is 0.391. The molecule has 0 heteroatoms. The predicted molar refractivity (Wildman–Crippen MR) is 134 cm³/mol. The molecule has 2 rings (SSSR count). The monoisotopic (exact) mass is 400 g/mol. The molecule has 30 heavy (non-hydrogen) atoms. The Hall–Kier alpha value is -2.18. The average Bonchev–Trinajstić information content (AvgIpc) is 2.54. The molecule has 0 aliphatic heterocycles. The highest BCUT2D eigenvalue weighted by molar-refractivity contribution is 5.95. The van der Waals surface area contributed by atoms with Crippen LogP contribution in [0.15, 0.2) is 24.3 Å². The molecule has 0 nitrogen and oxygen atoms in total. The van der Waals surface area contributed by atoms with Crippen molar-refractivity contribution in [3.63, 3.8) is 0 Å². The molecule has 0 fully saturated rings. The van der Waals surface area contributed by atoms with E-state index in [4.69, 9.17) is 0 Å². The molecule has 0 amide bonds. The minimum Gasteiger partial charge on any atom is -0.0919 e. The van der Waals surface area contributed by atoms with Crippen LogP contribution >= 0.6 is 0 Å². The fourth-order valence-electron chi connectivity index (χ4n) is 3.23. The largest absolute Gasteiger partial charge is 0.0919 e. The third-order valence-corrected chi connectivity index (χ3v) is 4.95. The number of benzene rings is 2. The minimum atomic E-state index is -0.0441. The van der Waals surface area contributed by atoms with E-state index in [0.717, 1.165) is 11.1 Å². The smallest absolute Gasteiger partial charge is 0.0362 e. The molecule has 2 aromatic rings. The Morgan fingerprint density at radius 2 is 1.10 bits per heavy atom. The zero-order valence-electron chi connectivity index (χ0n) is 21.3. The normalized spacial score (nSPS) is 12.8. The van der Waals surface area contributed by atoms with Crippen molar-refractivity contribution in [1.82, 2.24) is 0 Å². The lowest BCUT2D eigenvalue weighted by Gasteiger charge is -2.25. The molecule has 0 N–H and O–H groups in total. The van der Waals surface area contributed by atoms with Crippen LogP contribution < -0.4 is 0 Å². The summed E-state index contributed by atoms with van der Waals surface area (Å²) in [5.41, 5.74) is 4.84. The van der Waals surface area contributed by atoms with E-state index in [1.165, 1.54) is 21.9 Å². The Kier molecular flexibility index (Phi) is 6.28. The van der Waals surface area contributed by atoms with Crippen LogP contribution in [0.4, 0.5) is 0 Å². The molecule has 2 aromatic carbocycles. The summed E-state index contributed by atoms with van der Waals surface area (Å²) in [6.45, 7) is 26.6. The molecule has 0 aliphatic rings. The Morgan fingerprint density at radius 1 is 0.567 bits per heavy atom. The molecule has 0 spiro atoms. The third-order valence-electron chi connectivity index (χ3n) is 4.95. The summed E-state index contributed by atoms with van der Waals surface area (Å²) < 4.78 is 0. The first kappa shape index (κ1) is 24.1. The first-order valence-corrected chi connectivity index (χ1v) is 11.1.